The molecule has 1 amide bonds. The number of carbonyl (C=O) groups is 1. The summed E-state index contributed by atoms with van der Waals surface area (Å²) in [4.78, 5) is 28.4. The predicted octanol–water partition coefficient (Wildman–Crippen LogP) is 0.957. The van der Waals surface area contributed by atoms with Crippen molar-refractivity contribution >= 4 is 23.2 Å². The molecular formula is C13H15N5O3. The quantitative estimate of drug-likeness (QED) is 0.653. The minimum atomic E-state index is -0.482. The first-order valence-corrected chi connectivity index (χ1v) is 6.68. The van der Waals surface area contributed by atoms with Crippen LogP contribution in [0.2, 0.25) is 0 Å². The summed E-state index contributed by atoms with van der Waals surface area (Å²) in [6.07, 6.45) is 3.59. The molecule has 0 saturated heterocycles. The molecule has 0 atom stereocenters. The number of nitro groups is 1. The Bertz CT molecular complexity index is 707. The van der Waals surface area contributed by atoms with E-state index in [4.69, 9.17) is 0 Å². The van der Waals surface area contributed by atoms with E-state index in [9.17, 15) is 14.9 Å². The summed E-state index contributed by atoms with van der Waals surface area (Å²) in [5.41, 5.74) is 0.480. The van der Waals surface area contributed by atoms with E-state index in [2.05, 4.69) is 10.3 Å². The Morgan fingerprint density at radius 3 is 3.00 bits per heavy atom. The minimum absolute atomic E-state index is 0.0429. The van der Waals surface area contributed by atoms with E-state index in [1.54, 1.807) is 31.4 Å². The van der Waals surface area contributed by atoms with E-state index in [1.165, 1.54) is 9.30 Å². The van der Waals surface area contributed by atoms with Crippen LogP contribution in [0.5, 0.6) is 0 Å². The number of imidazole rings is 1. The maximum atomic E-state index is 11.8. The molecular weight excluding hydrogens is 274 g/mol. The second kappa shape index (κ2) is 5.04. The van der Waals surface area contributed by atoms with Gasteiger partial charge in [0.15, 0.2) is 0 Å². The van der Waals surface area contributed by atoms with Crippen LogP contribution in [-0.2, 0) is 4.79 Å². The molecule has 0 bridgehead atoms. The molecule has 0 spiro atoms. The van der Waals surface area contributed by atoms with Gasteiger partial charge in [-0.3, -0.25) is 4.79 Å². The highest BCUT2D eigenvalue weighted by atomic mass is 16.6. The number of hydrogen-bond donors (Lipinski definition) is 1. The Kier molecular flexibility index (Phi) is 3.20. The van der Waals surface area contributed by atoms with Gasteiger partial charge in [0.05, 0.1) is 12.7 Å². The van der Waals surface area contributed by atoms with Crippen LogP contribution in [0.1, 0.15) is 12.8 Å². The zero-order chi connectivity index (χ0) is 15.0. The zero-order valence-corrected chi connectivity index (χ0v) is 11.5. The van der Waals surface area contributed by atoms with Crippen LogP contribution in [0.4, 0.5) is 11.6 Å². The number of anilines is 1. The average Bonchev–Trinajstić information content (AvgIpc) is 3.14. The lowest BCUT2D eigenvalue weighted by molar-refractivity contribution is -0.389. The summed E-state index contributed by atoms with van der Waals surface area (Å²) in [5, 5.41) is 14.1. The molecule has 0 aromatic carbocycles. The first-order chi connectivity index (χ1) is 10.1. The number of aromatic nitrogens is 2. The third-order valence-corrected chi connectivity index (χ3v) is 3.34. The number of fused-ring (bicyclic) bond motifs is 1. The number of likely N-dealkylation sites (N-methyl/N-ethyl adjacent to an activating group) is 1. The summed E-state index contributed by atoms with van der Waals surface area (Å²) in [7, 11) is 1.63. The predicted molar refractivity (Wildman–Crippen MR) is 76.3 cm³/mol. The minimum Gasteiger partial charge on any atom is -0.358 e. The van der Waals surface area contributed by atoms with Gasteiger partial charge in [-0.15, -0.1) is 0 Å². The standard InChI is InChI=1S/C13H15N5O3/c1-16(8-11(19)14-9-5-6-9)12-13(18(20)21)17-7-3-2-4-10(17)15-12/h2-4,7,9H,5-6,8H2,1H3,(H,14,19). The fourth-order valence-corrected chi connectivity index (χ4v) is 2.19. The van der Waals surface area contributed by atoms with Gasteiger partial charge in [-0.25, -0.2) is 0 Å². The van der Waals surface area contributed by atoms with E-state index in [-0.39, 0.29) is 30.1 Å². The van der Waals surface area contributed by atoms with Gasteiger partial charge in [0.2, 0.25) is 17.4 Å². The van der Waals surface area contributed by atoms with Gasteiger partial charge in [-0.2, -0.15) is 9.38 Å². The number of rotatable bonds is 5. The topological polar surface area (TPSA) is 92.8 Å². The molecule has 3 rings (SSSR count). The fourth-order valence-electron chi connectivity index (χ4n) is 2.19. The molecule has 1 N–H and O–H groups in total. The number of nitrogens with zero attached hydrogens (tertiary/aromatic N) is 4. The van der Waals surface area contributed by atoms with Crippen molar-refractivity contribution in [2.45, 2.75) is 18.9 Å². The molecule has 1 aliphatic rings. The molecule has 110 valence electrons. The van der Waals surface area contributed by atoms with Gasteiger partial charge < -0.3 is 20.3 Å². The number of carbonyl (C=O) groups excluding carboxylic acids is 1. The average molecular weight is 289 g/mol. The lowest BCUT2D eigenvalue weighted by Crippen LogP contribution is -2.36. The van der Waals surface area contributed by atoms with Crippen LogP contribution >= 0.6 is 0 Å². The van der Waals surface area contributed by atoms with Crippen LogP contribution in [0.25, 0.3) is 5.65 Å². The number of amides is 1. The molecule has 2 aromatic heterocycles. The van der Waals surface area contributed by atoms with Gasteiger partial charge in [-0.1, -0.05) is 6.07 Å². The van der Waals surface area contributed by atoms with Gasteiger partial charge in [0.1, 0.15) is 0 Å². The van der Waals surface area contributed by atoms with Crippen LogP contribution in [-0.4, -0.2) is 39.8 Å². The van der Waals surface area contributed by atoms with E-state index >= 15 is 0 Å². The molecule has 0 unspecified atom stereocenters. The van der Waals surface area contributed by atoms with Crippen molar-refractivity contribution in [3.63, 3.8) is 0 Å². The van der Waals surface area contributed by atoms with Gasteiger partial charge >= 0.3 is 5.82 Å². The number of hydrogen-bond acceptors (Lipinski definition) is 5. The molecule has 1 fully saturated rings. The van der Waals surface area contributed by atoms with Crippen molar-refractivity contribution in [2.75, 3.05) is 18.5 Å². The van der Waals surface area contributed by atoms with E-state index in [0.717, 1.165) is 12.8 Å². The fraction of sp³-hybridized carbons (Fsp3) is 0.385. The first kappa shape index (κ1) is 13.3. The number of nitrogens with one attached hydrogen (secondary N) is 1. The second-order valence-corrected chi connectivity index (χ2v) is 5.14. The van der Waals surface area contributed by atoms with Crippen LogP contribution < -0.4 is 10.2 Å². The highest BCUT2D eigenvalue weighted by Crippen LogP contribution is 2.27. The van der Waals surface area contributed by atoms with Crippen molar-refractivity contribution in [3.8, 4) is 0 Å². The maximum Gasteiger partial charge on any atom is 0.372 e. The lowest BCUT2D eigenvalue weighted by atomic mass is 10.4. The summed E-state index contributed by atoms with van der Waals surface area (Å²) >= 11 is 0. The first-order valence-electron chi connectivity index (χ1n) is 6.68. The molecule has 0 radical (unpaired) electrons. The normalized spacial score (nSPS) is 14.1. The van der Waals surface area contributed by atoms with Crippen molar-refractivity contribution in [3.05, 3.63) is 34.5 Å². The third-order valence-electron chi connectivity index (χ3n) is 3.34. The monoisotopic (exact) mass is 289 g/mol. The molecule has 8 heteroatoms. The summed E-state index contributed by atoms with van der Waals surface area (Å²) in [6, 6.07) is 5.41. The molecule has 2 heterocycles. The molecule has 1 aliphatic carbocycles. The molecule has 0 aliphatic heterocycles. The Labute approximate surface area is 120 Å². The second-order valence-electron chi connectivity index (χ2n) is 5.14. The Morgan fingerprint density at radius 1 is 1.57 bits per heavy atom. The van der Waals surface area contributed by atoms with Crippen molar-refractivity contribution in [1.29, 1.82) is 0 Å². The largest absolute Gasteiger partial charge is 0.372 e. The van der Waals surface area contributed by atoms with Crippen molar-refractivity contribution in [2.24, 2.45) is 0 Å². The van der Waals surface area contributed by atoms with E-state index < -0.39 is 4.92 Å². The highest BCUT2D eigenvalue weighted by Gasteiger charge is 2.28. The van der Waals surface area contributed by atoms with Gasteiger partial charge in [0.25, 0.3) is 0 Å². The van der Waals surface area contributed by atoms with Crippen molar-refractivity contribution < 1.29 is 9.72 Å². The Hall–Kier alpha value is -2.64. The van der Waals surface area contributed by atoms with E-state index in [0.29, 0.717) is 5.65 Å². The van der Waals surface area contributed by atoms with Crippen LogP contribution in [0.3, 0.4) is 0 Å². The SMILES string of the molecule is CN(CC(=O)NC1CC1)c1nc2ccccn2c1[N+](=O)[O-]. The molecule has 8 nitrogen and oxygen atoms in total. The van der Waals surface area contributed by atoms with Crippen LogP contribution in [0.15, 0.2) is 24.4 Å². The number of pyridine rings is 1. The van der Waals surface area contributed by atoms with E-state index in [1.807, 2.05) is 0 Å². The van der Waals surface area contributed by atoms with Crippen LogP contribution in [0, 0.1) is 10.1 Å². The maximum absolute atomic E-state index is 11.8. The van der Waals surface area contributed by atoms with Gasteiger partial charge in [-0.05, 0) is 23.8 Å². The smallest absolute Gasteiger partial charge is 0.358 e. The summed E-state index contributed by atoms with van der Waals surface area (Å²) in [5.74, 6) is -0.0872. The molecule has 1 saturated carbocycles. The summed E-state index contributed by atoms with van der Waals surface area (Å²) in [6.45, 7) is 0.0429. The molecule has 2 aromatic rings. The summed E-state index contributed by atoms with van der Waals surface area (Å²) < 4.78 is 1.41. The van der Waals surface area contributed by atoms with Crippen molar-refractivity contribution in [1.82, 2.24) is 14.7 Å². The molecule has 21 heavy (non-hydrogen) atoms. The Morgan fingerprint density at radius 2 is 2.33 bits per heavy atom. The lowest BCUT2D eigenvalue weighted by Gasteiger charge is -2.15. The Balaban J connectivity index is 1.89. The third kappa shape index (κ3) is 2.64. The van der Waals surface area contributed by atoms with Gasteiger partial charge in [0, 0.05) is 19.2 Å². The zero-order valence-electron chi connectivity index (χ0n) is 11.5. The highest BCUT2D eigenvalue weighted by molar-refractivity contribution is 5.82.